The Morgan fingerprint density at radius 2 is 1.90 bits per heavy atom. The van der Waals surface area contributed by atoms with Crippen LogP contribution < -0.4 is 10.5 Å². The maximum absolute atomic E-state index is 12.3. The van der Waals surface area contributed by atoms with Crippen LogP contribution in [0.1, 0.15) is 36.8 Å². The van der Waals surface area contributed by atoms with E-state index in [1.807, 2.05) is 19.9 Å². The molecule has 1 aromatic carbocycles. The Morgan fingerprint density at radius 1 is 1.20 bits per heavy atom. The number of aryl methyl sites for hydroxylation is 2. The summed E-state index contributed by atoms with van der Waals surface area (Å²) >= 11 is 0. The molecule has 0 aliphatic heterocycles. The Morgan fingerprint density at radius 3 is 2.55 bits per heavy atom. The van der Waals surface area contributed by atoms with Gasteiger partial charge in [0.1, 0.15) is 0 Å². The highest BCUT2D eigenvalue weighted by Crippen LogP contribution is 2.23. The molecule has 1 aromatic rings. The smallest absolute Gasteiger partial charge is 0.240 e. The summed E-state index contributed by atoms with van der Waals surface area (Å²) in [6.45, 7) is 4.34. The van der Waals surface area contributed by atoms with Crippen LogP contribution in [-0.4, -0.2) is 21.0 Å². The number of hydrogen-bond donors (Lipinski definition) is 2. The molecule has 0 spiro atoms. The SMILES string of the molecule is Cc1ccc(S(=O)(=O)NCC2CCCCC2N)cc1C. The standard InChI is InChI=1S/C15H24N2O2S/c1-11-7-8-14(9-12(11)2)20(18,19)17-10-13-5-3-4-6-15(13)16/h7-9,13,15,17H,3-6,10,16H2,1-2H3. The third-order valence-electron chi connectivity index (χ3n) is 4.29. The minimum atomic E-state index is -3.43. The van der Waals surface area contributed by atoms with Gasteiger partial charge in [0.2, 0.25) is 10.0 Å². The van der Waals surface area contributed by atoms with Gasteiger partial charge in [-0.1, -0.05) is 18.9 Å². The topological polar surface area (TPSA) is 72.2 Å². The van der Waals surface area contributed by atoms with E-state index in [0.717, 1.165) is 36.8 Å². The lowest BCUT2D eigenvalue weighted by molar-refractivity contribution is 0.308. The Balaban J connectivity index is 2.05. The second-order valence-electron chi connectivity index (χ2n) is 5.81. The zero-order valence-electron chi connectivity index (χ0n) is 12.2. The molecular weight excluding hydrogens is 272 g/mol. The highest BCUT2D eigenvalue weighted by Gasteiger charge is 2.24. The summed E-state index contributed by atoms with van der Waals surface area (Å²) in [6, 6.07) is 5.34. The number of sulfonamides is 1. The number of benzene rings is 1. The molecule has 1 aliphatic carbocycles. The van der Waals surface area contributed by atoms with E-state index in [9.17, 15) is 8.42 Å². The van der Waals surface area contributed by atoms with Crippen molar-refractivity contribution < 1.29 is 8.42 Å². The van der Waals surface area contributed by atoms with Crippen molar-refractivity contribution in [3.63, 3.8) is 0 Å². The van der Waals surface area contributed by atoms with E-state index in [1.165, 1.54) is 0 Å². The maximum atomic E-state index is 12.3. The van der Waals surface area contributed by atoms with Crippen molar-refractivity contribution in [1.82, 2.24) is 4.72 Å². The Kier molecular flexibility index (Phi) is 4.83. The van der Waals surface area contributed by atoms with Gasteiger partial charge in [-0.15, -0.1) is 0 Å². The Labute approximate surface area is 121 Å². The van der Waals surface area contributed by atoms with Gasteiger partial charge in [-0.2, -0.15) is 0 Å². The van der Waals surface area contributed by atoms with Crippen LogP contribution in [-0.2, 0) is 10.0 Å². The van der Waals surface area contributed by atoms with Crippen molar-refractivity contribution in [3.8, 4) is 0 Å². The first-order valence-corrected chi connectivity index (χ1v) is 8.71. The second-order valence-corrected chi connectivity index (χ2v) is 7.57. The summed E-state index contributed by atoms with van der Waals surface area (Å²) in [5.41, 5.74) is 8.14. The van der Waals surface area contributed by atoms with E-state index in [0.29, 0.717) is 11.4 Å². The van der Waals surface area contributed by atoms with Gasteiger partial charge >= 0.3 is 0 Å². The average molecular weight is 296 g/mol. The fourth-order valence-electron chi connectivity index (χ4n) is 2.67. The van der Waals surface area contributed by atoms with Crippen LogP contribution in [0.4, 0.5) is 0 Å². The van der Waals surface area contributed by atoms with Gasteiger partial charge in [0.25, 0.3) is 0 Å². The summed E-state index contributed by atoms with van der Waals surface area (Å²) < 4.78 is 27.3. The molecule has 1 fully saturated rings. The minimum Gasteiger partial charge on any atom is -0.327 e. The molecule has 2 atom stereocenters. The van der Waals surface area contributed by atoms with E-state index in [1.54, 1.807) is 12.1 Å². The van der Waals surface area contributed by atoms with Gasteiger partial charge in [0, 0.05) is 12.6 Å². The fraction of sp³-hybridized carbons (Fsp3) is 0.600. The fourth-order valence-corrected chi connectivity index (χ4v) is 3.85. The van der Waals surface area contributed by atoms with Crippen LogP contribution in [0.2, 0.25) is 0 Å². The first kappa shape index (κ1) is 15.5. The Hall–Kier alpha value is -0.910. The molecule has 0 bridgehead atoms. The monoisotopic (exact) mass is 296 g/mol. The van der Waals surface area contributed by atoms with Crippen molar-refractivity contribution in [2.75, 3.05) is 6.54 Å². The van der Waals surface area contributed by atoms with E-state index in [4.69, 9.17) is 5.73 Å². The molecule has 4 nitrogen and oxygen atoms in total. The lowest BCUT2D eigenvalue weighted by Crippen LogP contribution is -2.41. The highest BCUT2D eigenvalue weighted by atomic mass is 32.2. The number of hydrogen-bond acceptors (Lipinski definition) is 3. The molecule has 0 radical (unpaired) electrons. The molecular formula is C15H24N2O2S. The van der Waals surface area contributed by atoms with E-state index in [2.05, 4.69) is 4.72 Å². The molecule has 1 aliphatic rings. The first-order chi connectivity index (χ1) is 9.40. The zero-order valence-corrected chi connectivity index (χ0v) is 13.0. The third-order valence-corrected chi connectivity index (χ3v) is 5.71. The summed E-state index contributed by atoms with van der Waals surface area (Å²) in [5.74, 6) is 0.255. The van der Waals surface area contributed by atoms with Crippen molar-refractivity contribution >= 4 is 10.0 Å². The normalized spacial score (nSPS) is 23.8. The third kappa shape index (κ3) is 3.59. The van der Waals surface area contributed by atoms with Gasteiger partial charge < -0.3 is 5.73 Å². The maximum Gasteiger partial charge on any atom is 0.240 e. The van der Waals surface area contributed by atoms with Gasteiger partial charge in [0.15, 0.2) is 0 Å². The molecule has 5 heteroatoms. The van der Waals surface area contributed by atoms with Gasteiger partial charge in [-0.25, -0.2) is 13.1 Å². The molecule has 2 rings (SSSR count). The number of nitrogens with one attached hydrogen (secondary N) is 1. The number of nitrogens with two attached hydrogens (primary N) is 1. The predicted molar refractivity (Wildman–Crippen MR) is 81.0 cm³/mol. The lowest BCUT2D eigenvalue weighted by Gasteiger charge is -2.28. The second kappa shape index (κ2) is 6.24. The van der Waals surface area contributed by atoms with Crippen LogP contribution in [0.15, 0.2) is 23.1 Å². The molecule has 20 heavy (non-hydrogen) atoms. The van der Waals surface area contributed by atoms with Crippen LogP contribution in [0, 0.1) is 19.8 Å². The molecule has 0 saturated heterocycles. The molecule has 3 N–H and O–H groups in total. The number of rotatable bonds is 4. The van der Waals surface area contributed by atoms with E-state index < -0.39 is 10.0 Å². The summed E-state index contributed by atoms with van der Waals surface area (Å²) in [4.78, 5) is 0.338. The molecule has 2 unspecified atom stereocenters. The van der Waals surface area contributed by atoms with Crippen LogP contribution in [0.25, 0.3) is 0 Å². The van der Waals surface area contributed by atoms with Gasteiger partial charge in [-0.05, 0) is 55.9 Å². The molecule has 0 aromatic heterocycles. The van der Waals surface area contributed by atoms with Crippen molar-refractivity contribution in [3.05, 3.63) is 29.3 Å². The van der Waals surface area contributed by atoms with Crippen molar-refractivity contribution in [2.24, 2.45) is 11.7 Å². The van der Waals surface area contributed by atoms with Crippen molar-refractivity contribution in [2.45, 2.75) is 50.5 Å². The molecule has 0 amide bonds. The van der Waals surface area contributed by atoms with Gasteiger partial charge in [-0.3, -0.25) is 0 Å². The van der Waals surface area contributed by atoms with Crippen molar-refractivity contribution in [1.29, 1.82) is 0 Å². The largest absolute Gasteiger partial charge is 0.327 e. The van der Waals surface area contributed by atoms with Crippen LogP contribution in [0.5, 0.6) is 0 Å². The lowest BCUT2D eigenvalue weighted by atomic mass is 9.85. The molecule has 1 saturated carbocycles. The summed E-state index contributed by atoms with van der Waals surface area (Å²) in [5, 5.41) is 0. The highest BCUT2D eigenvalue weighted by molar-refractivity contribution is 7.89. The zero-order chi connectivity index (χ0) is 14.8. The van der Waals surface area contributed by atoms with Gasteiger partial charge in [0.05, 0.1) is 4.90 Å². The minimum absolute atomic E-state index is 0.117. The van der Waals surface area contributed by atoms with E-state index >= 15 is 0 Å². The van der Waals surface area contributed by atoms with Crippen LogP contribution >= 0.6 is 0 Å². The molecule has 112 valence electrons. The average Bonchev–Trinajstić information content (AvgIpc) is 2.41. The van der Waals surface area contributed by atoms with E-state index in [-0.39, 0.29) is 12.0 Å². The quantitative estimate of drug-likeness (QED) is 0.893. The Bertz CT molecular complexity index is 569. The predicted octanol–water partition coefficient (Wildman–Crippen LogP) is 2.10. The molecule has 0 heterocycles. The first-order valence-electron chi connectivity index (χ1n) is 7.22. The summed E-state index contributed by atoms with van der Waals surface area (Å²) in [6.07, 6.45) is 4.30. The summed E-state index contributed by atoms with van der Waals surface area (Å²) in [7, 11) is -3.43. The van der Waals surface area contributed by atoms with Crippen LogP contribution in [0.3, 0.4) is 0 Å².